The molecule has 0 aromatic heterocycles. The summed E-state index contributed by atoms with van der Waals surface area (Å²) in [6.07, 6.45) is 0.615. The molecule has 0 aliphatic carbocycles. The number of likely N-dealkylation sites (tertiary alicyclic amines) is 1. The number of piperidine rings is 1. The molecule has 0 saturated carbocycles. The zero-order chi connectivity index (χ0) is 9.90. The van der Waals surface area contributed by atoms with Gasteiger partial charge in [0, 0.05) is 6.61 Å². The molecule has 6 heteroatoms. The summed E-state index contributed by atoms with van der Waals surface area (Å²) in [4.78, 5) is 1.42. The van der Waals surface area contributed by atoms with Gasteiger partial charge in [0.25, 0.3) is 0 Å². The number of halogens is 3. The largest absolute Gasteiger partial charge is 0.492 e. The second-order valence-electron chi connectivity index (χ2n) is 3.64. The lowest BCUT2D eigenvalue weighted by Gasteiger charge is -2.34. The Morgan fingerprint density at radius 3 is 2.15 bits per heavy atom. The topological polar surface area (TPSA) is 23.5 Å². The Morgan fingerprint density at radius 2 is 1.77 bits per heavy atom. The Bertz CT molecular complexity index is 156. The van der Waals surface area contributed by atoms with E-state index in [2.05, 4.69) is 0 Å². The molecule has 0 bridgehead atoms. The van der Waals surface area contributed by atoms with Crippen molar-refractivity contribution in [1.82, 2.24) is 4.90 Å². The monoisotopic (exact) mass is 196 g/mol. The van der Waals surface area contributed by atoms with Crippen LogP contribution in [0.25, 0.3) is 0 Å². The van der Waals surface area contributed by atoms with Crippen LogP contribution >= 0.6 is 0 Å². The highest BCUT2D eigenvalue weighted by molar-refractivity contribution is 6.58. The van der Waals surface area contributed by atoms with Crippen LogP contribution in [-0.2, 0) is 0 Å². The molecule has 0 aromatic rings. The van der Waals surface area contributed by atoms with E-state index in [4.69, 9.17) is 5.11 Å². The molecule has 13 heavy (non-hydrogen) atoms. The SMILES string of the molecule is OCC1CCN(C[B-](F)(F)F)CC1. The summed E-state index contributed by atoms with van der Waals surface area (Å²) >= 11 is 0. The van der Waals surface area contributed by atoms with Gasteiger partial charge in [-0.1, -0.05) is 0 Å². The van der Waals surface area contributed by atoms with Gasteiger partial charge in [0.2, 0.25) is 0 Å². The summed E-state index contributed by atoms with van der Waals surface area (Å²) in [5.74, 6) is 0.206. The van der Waals surface area contributed by atoms with Crippen LogP contribution in [0.5, 0.6) is 0 Å². The highest BCUT2D eigenvalue weighted by Crippen LogP contribution is 2.19. The highest BCUT2D eigenvalue weighted by atomic mass is 19.4. The molecular formula is C7H14BF3NO-. The Hall–Kier alpha value is -0.225. The van der Waals surface area contributed by atoms with Gasteiger partial charge >= 0.3 is 6.98 Å². The minimum absolute atomic E-state index is 0.102. The van der Waals surface area contributed by atoms with Crippen molar-refractivity contribution in [1.29, 1.82) is 0 Å². The van der Waals surface area contributed by atoms with Gasteiger partial charge in [0.05, 0.1) is 0 Å². The van der Waals surface area contributed by atoms with Crippen molar-refractivity contribution in [3.63, 3.8) is 0 Å². The third-order valence-electron chi connectivity index (χ3n) is 2.43. The Morgan fingerprint density at radius 1 is 1.23 bits per heavy atom. The molecule has 78 valence electrons. The fraction of sp³-hybridized carbons (Fsp3) is 1.00. The molecule has 0 radical (unpaired) electrons. The Kier molecular flexibility index (Phi) is 3.61. The third kappa shape index (κ3) is 4.00. The minimum atomic E-state index is -4.69. The minimum Gasteiger partial charge on any atom is -0.448 e. The van der Waals surface area contributed by atoms with Crippen LogP contribution in [0.2, 0.25) is 0 Å². The van der Waals surface area contributed by atoms with E-state index in [1.165, 1.54) is 4.90 Å². The summed E-state index contributed by atoms with van der Waals surface area (Å²) in [7, 11) is 0. The normalized spacial score (nSPS) is 22.2. The first-order chi connectivity index (χ1) is 6.01. The average Bonchev–Trinajstić information content (AvgIpc) is 2.03. The number of rotatable bonds is 3. The van der Waals surface area contributed by atoms with E-state index in [1.54, 1.807) is 0 Å². The van der Waals surface area contributed by atoms with Crippen LogP contribution in [0.1, 0.15) is 12.8 Å². The molecule has 1 rings (SSSR count). The zero-order valence-electron chi connectivity index (χ0n) is 7.43. The van der Waals surface area contributed by atoms with E-state index in [9.17, 15) is 12.9 Å². The maximum atomic E-state index is 12.0. The first-order valence-corrected chi connectivity index (χ1v) is 4.55. The lowest BCUT2D eigenvalue weighted by molar-refractivity contribution is 0.136. The average molecular weight is 196 g/mol. The third-order valence-corrected chi connectivity index (χ3v) is 2.43. The summed E-state index contributed by atoms with van der Waals surface area (Å²) < 4.78 is 36.0. The summed E-state index contributed by atoms with van der Waals surface area (Å²) in [5, 5.41) is 8.77. The van der Waals surface area contributed by atoms with E-state index in [0.717, 1.165) is 0 Å². The van der Waals surface area contributed by atoms with Crippen molar-refractivity contribution < 1.29 is 18.1 Å². The Balaban J connectivity index is 2.25. The molecule has 0 spiro atoms. The van der Waals surface area contributed by atoms with Crippen LogP contribution < -0.4 is 0 Å². The maximum absolute atomic E-state index is 12.0. The van der Waals surface area contributed by atoms with Crippen LogP contribution in [0.4, 0.5) is 12.9 Å². The first-order valence-electron chi connectivity index (χ1n) is 4.55. The van der Waals surface area contributed by atoms with Crippen molar-refractivity contribution in [3.05, 3.63) is 0 Å². The molecule has 1 heterocycles. The van der Waals surface area contributed by atoms with Crippen molar-refractivity contribution in [2.45, 2.75) is 12.8 Å². The van der Waals surface area contributed by atoms with Gasteiger partial charge < -0.3 is 23.0 Å². The first kappa shape index (κ1) is 10.9. The molecule has 1 aliphatic heterocycles. The van der Waals surface area contributed by atoms with Crippen molar-refractivity contribution >= 4 is 6.98 Å². The number of hydrogen-bond donors (Lipinski definition) is 1. The van der Waals surface area contributed by atoms with Crippen LogP contribution in [0.15, 0.2) is 0 Å². The molecule has 0 amide bonds. The van der Waals surface area contributed by atoms with Gasteiger partial charge in [0.15, 0.2) is 0 Å². The van der Waals surface area contributed by atoms with E-state index < -0.39 is 13.4 Å². The van der Waals surface area contributed by atoms with Crippen LogP contribution in [0, 0.1) is 5.92 Å². The zero-order valence-corrected chi connectivity index (χ0v) is 7.43. The van der Waals surface area contributed by atoms with Crippen molar-refractivity contribution in [3.8, 4) is 0 Å². The quantitative estimate of drug-likeness (QED) is 0.682. The van der Waals surface area contributed by atoms with Crippen LogP contribution in [-0.4, -0.2) is 43.1 Å². The second-order valence-corrected chi connectivity index (χ2v) is 3.64. The van der Waals surface area contributed by atoms with Gasteiger partial charge in [0.1, 0.15) is 0 Å². The fourth-order valence-electron chi connectivity index (χ4n) is 1.64. The molecule has 0 atom stereocenters. The maximum Gasteiger partial charge on any atom is 0.492 e. The molecule has 1 fully saturated rings. The highest BCUT2D eigenvalue weighted by Gasteiger charge is 2.28. The van der Waals surface area contributed by atoms with Gasteiger partial charge in [-0.2, -0.15) is 0 Å². The second kappa shape index (κ2) is 4.33. The number of hydrogen-bond acceptors (Lipinski definition) is 2. The van der Waals surface area contributed by atoms with Gasteiger partial charge in [-0.05, 0) is 38.3 Å². The molecule has 2 nitrogen and oxygen atoms in total. The van der Waals surface area contributed by atoms with Crippen molar-refractivity contribution in [2.75, 3.05) is 26.1 Å². The smallest absolute Gasteiger partial charge is 0.448 e. The summed E-state index contributed by atoms with van der Waals surface area (Å²) in [6, 6.07) is 0. The summed E-state index contributed by atoms with van der Waals surface area (Å²) in [5.41, 5.74) is 0. The van der Waals surface area contributed by atoms with E-state index in [1.807, 2.05) is 0 Å². The van der Waals surface area contributed by atoms with E-state index in [-0.39, 0.29) is 12.5 Å². The lowest BCUT2D eigenvalue weighted by atomic mass is 9.88. The molecule has 1 saturated heterocycles. The molecule has 1 aliphatic rings. The number of aliphatic hydroxyl groups is 1. The predicted molar refractivity (Wildman–Crippen MR) is 45.3 cm³/mol. The van der Waals surface area contributed by atoms with Gasteiger partial charge in [-0.15, -0.1) is 0 Å². The van der Waals surface area contributed by atoms with Gasteiger partial charge in [-0.3, -0.25) is 0 Å². The Labute approximate surface area is 75.8 Å². The molecule has 1 N–H and O–H groups in total. The number of aliphatic hydroxyl groups excluding tert-OH is 1. The lowest BCUT2D eigenvalue weighted by Crippen LogP contribution is -2.43. The molecular weight excluding hydrogens is 182 g/mol. The molecule has 0 aromatic carbocycles. The van der Waals surface area contributed by atoms with E-state index in [0.29, 0.717) is 25.9 Å². The number of nitrogens with zero attached hydrogens (tertiary/aromatic N) is 1. The van der Waals surface area contributed by atoms with E-state index >= 15 is 0 Å². The molecule has 0 unspecified atom stereocenters. The van der Waals surface area contributed by atoms with Gasteiger partial charge in [-0.25, -0.2) is 0 Å². The van der Waals surface area contributed by atoms with Crippen LogP contribution in [0.3, 0.4) is 0 Å². The fourth-order valence-corrected chi connectivity index (χ4v) is 1.64. The predicted octanol–water partition coefficient (Wildman–Crippen LogP) is 1.08. The standard InChI is InChI=1S/C7H14BF3NO/c9-8(10,11)6-12-3-1-7(5-13)2-4-12/h7,13H,1-6H2/q-1. The summed E-state index contributed by atoms with van der Waals surface area (Å²) in [6.45, 7) is -3.65. The van der Waals surface area contributed by atoms with Crippen molar-refractivity contribution in [2.24, 2.45) is 5.92 Å².